The molecule has 6 heteroatoms. The minimum atomic E-state index is -2.79. The number of rotatable bonds is 3. The van der Waals surface area contributed by atoms with Gasteiger partial charge in [-0.15, -0.1) is 0 Å². The Balaban J connectivity index is 3.25. The maximum atomic E-state index is 13.2. The van der Waals surface area contributed by atoms with Crippen LogP contribution in [0.15, 0.2) is 6.07 Å². The van der Waals surface area contributed by atoms with Crippen molar-refractivity contribution in [1.82, 2.24) is 4.98 Å². The van der Waals surface area contributed by atoms with Crippen molar-refractivity contribution in [1.29, 1.82) is 0 Å². The Morgan fingerprint density at radius 1 is 1.29 bits per heavy atom. The quantitative estimate of drug-likeness (QED) is 0.761. The molecule has 0 aliphatic carbocycles. The summed E-state index contributed by atoms with van der Waals surface area (Å²) in [5, 5.41) is 0. The van der Waals surface area contributed by atoms with E-state index in [-0.39, 0.29) is 5.75 Å². The summed E-state index contributed by atoms with van der Waals surface area (Å²) in [7, 11) is 2.31. The lowest BCUT2D eigenvalue weighted by molar-refractivity contribution is 0.144. The Labute approximate surface area is 78.5 Å². The Hall–Kier alpha value is -1.46. The number of pyridine rings is 1. The van der Waals surface area contributed by atoms with Gasteiger partial charge >= 0.3 is 0 Å². The van der Waals surface area contributed by atoms with Crippen LogP contribution in [-0.4, -0.2) is 19.2 Å². The van der Waals surface area contributed by atoms with Crippen LogP contribution in [0.1, 0.15) is 12.1 Å². The van der Waals surface area contributed by atoms with Crippen LogP contribution in [0, 0.1) is 5.82 Å². The zero-order chi connectivity index (χ0) is 10.7. The third kappa shape index (κ3) is 1.89. The first-order valence-electron chi connectivity index (χ1n) is 3.66. The molecule has 0 spiro atoms. The van der Waals surface area contributed by atoms with Crippen molar-refractivity contribution < 1.29 is 22.6 Å². The molecular formula is C8H8F3NO2. The van der Waals surface area contributed by atoms with Crippen LogP contribution in [0.3, 0.4) is 0 Å². The van der Waals surface area contributed by atoms with Gasteiger partial charge in [0.25, 0.3) is 12.3 Å². The highest BCUT2D eigenvalue weighted by Gasteiger charge is 2.18. The number of methoxy groups -OCH3 is 2. The van der Waals surface area contributed by atoms with E-state index in [0.29, 0.717) is 0 Å². The first-order chi connectivity index (χ1) is 6.60. The normalized spacial score (nSPS) is 10.4. The molecule has 14 heavy (non-hydrogen) atoms. The van der Waals surface area contributed by atoms with E-state index in [1.54, 1.807) is 0 Å². The van der Waals surface area contributed by atoms with Gasteiger partial charge in [0.2, 0.25) is 5.82 Å². The molecule has 0 aromatic carbocycles. The van der Waals surface area contributed by atoms with Crippen LogP contribution < -0.4 is 9.47 Å². The first-order valence-corrected chi connectivity index (χ1v) is 3.66. The van der Waals surface area contributed by atoms with Crippen LogP contribution in [0.25, 0.3) is 0 Å². The first kappa shape index (κ1) is 10.6. The molecule has 0 N–H and O–H groups in total. The van der Waals surface area contributed by atoms with E-state index in [9.17, 15) is 13.2 Å². The lowest BCUT2D eigenvalue weighted by Gasteiger charge is -2.08. The van der Waals surface area contributed by atoms with Crippen molar-refractivity contribution >= 4 is 0 Å². The highest BCUT2D eigenvalue weighted by Crippen LogP contribution is 2.29. The van der Waals surface area contributed by atoms with Gasteiger partial charge in [0.05, 0.1) is 14.2 Å². The molecule has 1 aromatic heterocycles. The van der Waals surface area contributed by atoms with E-state index in [4.69, 9.17) is 0 Å². The highest BCUT2D eigenvalue weighted by molar-refractivity contribution is 5.33. The van der Waals surface area contributed by atoms with E-state index in [2.05, 4.69) is 14.5 Å². The molecule has 0 aliphatic heterocycles. The minimum absolute atomic E-state index is 0.313. The molecule has 0 saturated heterocycles. The second-order valence-electron chi connectivity index (χ2n) is 2.37. The molecule has 78 valence electrons. The number of alkyl halides is 2. The number of halogens is 3. The van der Waals surface area contributed by atoms with E-state index >= 15 is 0 Å². The topological polar surface area (TPSA) is 31.4 Å². The summed E-state index contributed by atoms with van der Waals surface area (Å²) in [6.07, 6.45) is -2.79. The van der Waals surface area contributed by atoms with Gasteiger partial charge in [0.15, 0.2) is 5.75 Å². The second-order valence-corrected chi connectivity index (χ2v) is 2.37. The molecule has 0 radical (unpaired) electrons. The molecule has 0 unspecified atom stereocenters. The van der Waals surface area contributed by atoms with Gasteiger partial charge in [-0.1, -0.05) is 0 Å². The van der Waals surface area contributed by atoms with E-state index in [0.717, 1.165) is 13.2 Å². The van der Waals surface area contributed by atoms with Crippen molar-refractivity contribution in [2.24, 2.45) is 0 Å². The minimum Gasteiger partial charge on any atom is -0.493 e. The van der Waals surface area contributed by atoms with Gasteiger partial charge in [-0.05, 0) is 0 Å². The summed E-state index contributed by atoms with van der Waals surface area (Å²) in [6, 6.07) is 0.836. The predicted molar refractivity (Wildman–Crippen MR) is 42.3 cm³/mol. The Morgan fingerprint density at radius 2 is 1.93 bits per heavy atom. The summed E-state index contributed by atoms with van der Waals surface area (Å²) < 4.78 is 46.7. The molecule has 1 rings (SSSR count). The number of nitrogens with zero attached hydrogens (tertiary/aromatic N) is 1. The average molecular weight is 207 g/mol. The summed E-state index contributed by atoms with van der Waals surface area (Å²) >= 11 is 0. The number of aromatic nitrogens is 1. The maximum Gasteiger partial charge on any atom is 0.280 e. The summed E-state index contributed by atoms with van der Waals surface area (Å²) in [5.41, 5.74) is -0.583. The average Bonchev–Trinajstić information content (AvgIpc) is 2.17. The van der Waals surface area contributed by atoms with Crippen molar-refractivity contribution in [2.45, 2.75) is 6.43 Å². The fraction of sp³-hybridized carbons (Fsp3) is 0.375. The number of hydrogen-bond acceptors (Lipinski definition) is 3. The Bertz CT molecular complexity index is 305. The molecule has 0 amide bonds. The van der Waals surface area contributed by atoms with Gasteiger partial charge < -0.3 is 9.47 Å². The molecule has 0 aliphatic rings. The maximum absolute atomic E-state index is 13.2. The van der Waals surface area contributed by atoms with Crippen molar-refractivity contribution in [3.8, 4) is 11.6 Å². The van der Waals surface area contributed by atoms with E-state index in [1.807, 2.05) is 0 Å². The molecular weight excluding hydrogens is 199 g/mol. The lowest BCUT2D eigenvalue weighted by Crippen LogP contribution is -2.00. The van der Waals surface area contributed by atoms with Gasteiger partial charge in [0, 0.05) is 6.07 Å². The molecule has 0 fully saturated rings. The third-order valence-electron chi connectivity index (χ3n) is 1.55. The largest absolute Gasteiger partial charge is 0.493 e. The van der Waals surface area contributed by atoms with Gasteiger partial charge in [0.1, 0.15) is 5.69 Å². The zero-order valence-corrected chi connectivity index (χ0v) is 7.55. The lowest BCUT2D eigenvalue weighted by atomic mass is 10.3. The van der Waals surface area contributed by atoms with Crippen LogP contribution >= 0.6 is 0 Å². The van der Waals surface area contributed by atoms with Crippen molar-refractivity contribution in [3.63, 3.8) is 0 Å². The Morgan fingerprint density at radius 3 is 2.36 bits per heavy atom. The summed E-state index contributed by atoms with van der Waals surface area (Å²) in [4.78, 5) is 3.27. The standard InChI is InChI=1S/C8H8F3NO2/c1-13-5-3-4(7(10)11)12-8(14-2)6(5)9/h3,7H,1-2H3. The molecule has 0 saturated carbocycles. The molecule has 1 aromatic rings. The molecule has 0 bridgehead atoms. The predicted octanol–water partition coefficient (Wildman–Crippen LogP) is 2.18. The van der Waals surface area contributed by atoms with Gasteiger partial charge in [-0.2, -0.15) is 4.39 Å². The fourth-order valence-corrected chi connectivity index (χ4v) is 0.897. The van der Waals surface area contributed by atoms with Crippen LogP contribution in [0.4, 0.5) is 13.2 Å². The third-order valence-corrected chi connectivity index (χ3v) is 1.55. The van der Waals surface area contributed by atoms with E-state index < -0.39 is 23.8 Å². The van der Waals surface area contributed by atoms with Crippen molar-refractivity contribution in [3.05, 3.63) is 17.6 Å². The van der Waals surface area contributed by atoms with Gasteiger partial charge in [-0.3, -0.25) is 0 Å². The monoisotopic (exact) mass is 207 g/mol. The SMILES string of the molecule is COc1cc(C(F)F)nc(OC)c1F. The number of hydrogen-bond donors (Lipinski definition) is 0. The fourth-order valence-electron chi connectivity index (χ4n) is 0.897. The van der Waals surface area contributed by atoms with Crippen LogP contribution in [0.5, 0.6) is 11.6 Å². The Kier molecular flexibility index (Phi) is 3.16. The van der Waals surface area contributed by atoms with Crippen LogP contribution in [-0.2, 0) is 0 Å². The second kappa shape index (κ2) is 4.17. The molecule has 3 nitrogen and oxygen atoms in total. The zero-order valence-electron chi connectivity index (χ0n) is 7.55. The van der Waals surface area contributed by atoms with Crippen LogP contribution in [0.2, 0.25) is 0 Å². The van der Waals surface area contributed by atoms with E-state index in [1.165, 1.54) is 7.11 Å². The molecule has 1 heterocycles. The van der Waals surface area contributed by atoms with Gasteiger partial charge in [-0.25, -0.2) is 13.8 Å². The summed E-state index contributed by atoms with van der Waals surface area (Å²) in [5.74, 6) is -1.70. The molecule has 0 atom stereocenters. The highest BCUT2D eigenvalue weighted by atomic mass is 19.3. The van der Waals surface area contributed by atoms with Crippen molar-refractivity contribution in [2.75, 3.05) is 14.2 Å². The smallest absolute Gasteiger partial charge is 0.280 e. The summed E-state index contributed by atoms with van der Waals surface area (Å²) in [6.45, 7) is 0. The number of ether oxygens (including phenoxy) is 2.